The number of pyridine rings is 1. The van der Waals surface area contributed by atoms with Crippen molar-refractivity contribution < 1.29 is 22.4 Å². The number of carbonyl (C=O) groups excluding carboxylic acids is 1. The third kappa shape index (κ3) is 2.91. The fourth-order valence-electron chi connectivity index (χ4n) is 3.87. The van der Waals surface area contributed by atoms with Gasteiger partial charge in [0.25, 0.3) is 5.82 Å². The van der Waals surface area contributed by atoms with Crippen LogP contribution in [0, 0.1) is 0 Å². The monoisotopic (exact) mass is 401 g/mol. The Labute approximate surface area is 162 Å². The maximum absolute atomic E-state index is 13.2. The number of Topliss-reactive ketones (excluding diaryl/α,β-unsaturated/α-hetero) is 1. The third-order valence-corrected chi connectivity index (χ3v) is 5.09. The van der Waals surface area contributed by atoms with E-state index in [4.69, 9.17) is 4.42 Å². The number of alkyl halides is 3. The van der Waals surface area contributed by atoms with Gasteiger partial charge in [-0.25, -0.2) is 4.68 Å². The minimum atomic E-state index is -4.71. The first-order valence-electron chi connectivity index (χ1n) is 8.93. The first-order valence-corrected chi connectivity index (χ1v) is 8.93. The predicted octanol–water partition coefficient (Wildman–Crippen LogP) is 3.70. The summed E-state index contributed by atoms with van der Waals surface area (Å²) in [5, 5.41) is 6.54. The Morgan fingerprint density at radius 2 is 2.03 bits per heavy atom. The van der Waals surface area contributed by atoms with Gasteiger partial charge in [0.1, 0.15) is 11.8 Å². The number of anilines is 1. The van der Waals surface area contributed by atoms with Crippen LogP contribution < -0.4 is 5.32 Å². The minimum Gasteiger partial charge on any atom is -0.469 e. The van der Waals surface area contributed by atoms with Gasteiger partial charge >= 0.3 is 6.18 Å². The molecular weight excluding hydrogens is 387 g/mol. The van der Waals surface area contributed by atoms with Crippen LogP contribution in [-0.2, 0) is 11.0 Å². The molecule has 0 saturated carbocycles. The van der Waals surface area contributed by atoms with Gasteiger partial charge in [-0.1, -0.05) is 6.07 Å². The van der Waals surface area contributed by atoms with E-state index in [0.29, 0.717) is 29.1 Å². The van der Waals surface area contributed by atoms with E-state index in [1.54, 1.807) is 30.3 Å². The number of halogens is 3. The Balaban J connectivity index is 1.64. The van der Waals surface area contributed by atoms with Crippen LogP contribution in [0.2, 0.25) is 0 Å². The first kappa shape index (κ1) is 17.7. The van der Waals surface area contributed by atoms with Crippen molar-refractivity contribution in [3.8, 4) is 0 Å². The highest BCUT2D eigenvalue weighted by Crippen LogP contribution is 2.44. The lowest BCUT2D eigenvalue weighted by Gasteiger charge is -2.34. The molecule has 3 aromatic heterocycles. The van der Waals surface area contributed by atoms with Crippen molar-refractivity contribution in [2.45, 2.75) is 31.0 Å². The molecule has 5 rings (SSSR count). The van der Waals surface area contributed by atoms with Gasteiger partial charge in [0.2, 0.25) is 5.95 Å². The summed E-state index contributed by atoms with van der Waals surface area (Å²) in [5.41, 5.74) is 1.30. The molecule has 0 aromatic carbocycles. The van der Waals surface area contributed by atoms with Crippen molar-refractivity contribution in [2.24, 2.45) is 0 Å². The SMILES string of the molecule is O=C1C[C@H](c2ccco2)CC2=C1[C@H](c1ccccn1)n1nc(C(F)(F)F)nc1N2. The average Bonchev–Trinajstić information content (AvgIpc) is 3.36. The van der Waals surface area contributed by atoms with Crippen molar-refractivity contribution in [1.29, 1.82) is 0 Å². The fourth-order valence-corrected chi connectivity index (χ4v) is 3.87. The Kier molecular flexibility index (Phi) is 3.83. The Bertz CT molecular complexity index is 1100. The molecule has 29 heavy (non-hydrogen) atoms. The van der Waals surface area contributed by atoms with Crippen LogP contribution >= 0.6 is 0 Å². The summed E-state index contributed by atoms with van der Waals surface area (Å²) in [4.78, 5) is 21.0. The highest BCUT2D eigenvalue weighted by atomic mass is 19.4. The second kappa shape index (κ2) is 6.29. The fraction of sp³-hybridized carbons (Fsp3) is 0.263. The predicted molar refractivity (Wildman–Crippen MR) is 93.7 cm³/mol. The van der Waals surface area contributed by atoms with Crippen molar-refractivity contribution >= 4 is 11.7 Å². The molecule has 10 heteroatoms. The number of furan rings is 1. The standard InChI is InChI=1S/C19H14F3N5O2/c20-19(21,22)17-25-18-24-12-8-10(14-5-3-7-29-14)9-13(28)15(12)16(27(18)26-17)11-4-1-2-6-23-11/h1-7,10,16H,8-9H2,(H,24,25,26)/t10-,16+/m1/s1. The van der Waals surface area contributed by atoms with Gasteiger partial charge in [-0.3, -0.25) is 9.78 Å². The van der Waals surface area contributed by atoms with E-state index in [-0.39, 0.29) is 24.1 Å². The van der Waals surface area contributed by atoms with Crippen LogP contribution in [0.5, 0.6) is 0 Å². The van der Waals surface area contributed by atoms with E-state index in [0.717, 1.165) is 4.68 Å². The van der Waals surface area contributed by atoms with Crippen molar-refractivity contribution in [1.82, 2.24) is 19.7 Å². The number of ketones is 1. The van der Waals surface area contributed by atoms with E-state index in [2.05, 4.69) is 20.4 Å². The molecule has 0 spiro atoms. The molecule has 1 aliphatic carbocycles. The summed E-state index contributed by atoms with van der Waals surface area (Å²) >= 11 is 0. The van der Waals surface area contributed by atoms with Crippen LogP contribution in [0.4, 0.5) is 19.1 Å². The summed E-state index contributed by atoms with van der Waals surface area (Å²) in [6.07, 6.45) is -1.06. The number of nitrogens with one attached hydrogen (secondary N) is 1. The molecule has 0 bridgehead atoms. The van der Waals surface area contributed by atoms with Gasteiger partial charge in [-0.05, 0) is 30.7 Å². The van der Waals surface area contributed by atoms with Crippen LogP contribution in [0.25, 0.3) is 0 Å². The number of nitrogens with zero attached hydrogens (tertiary/aromatic N) is 4. The molecule has 2 atom stereocenters. The molecule has 1 N–H and O–H groups in total. The zero-order valence-electron chi connectivity index (χ0n) is 14.8. The van der Waals surface area contributed by atoms with Gasteiger partial charge in [0.15, 0.2) is 5.78 Å². The molecule has 3 aromatic rings. The van der Waals surface area contributed by atoms with E-state index < -0.39 is 18.0 Å². The Hall–Kier alpha value is -3.43. The largest absolute Gasteiger partial charge is 0.469 e. The number of aromatic nitrogens is 4. The molecule has 7 nitrogen and oxygen atoms in total. The molecule has 2 aliphatic rings. The molecule has 1 aliphatic heterocycles. The van der Waals surface area contributed by atoms with Crippen LogP contribution in [0.1, 0.15) is 42.1 Å². The number of rotatable bonds is 2. The van der Waals surface area contributed by atoms with Gasteiger partial charge in [0, 0.05) is 29.8 Å². The maximum atomic E-state index is 13.2. The Morgan fingerprint density at radius 3 is 2.72 bits per heavy atom. The van der Waals surface area contributed by atoms with E-state index in [1.165, 1.54) is 12.5 Å². The molecule has 0 radical (unpaired) electrons. The molecule has 148 valence electrons. The van der Waals surface area contributed by atoms with Crippen LogP contribution in [0.3, 0.4) is 0 Å². The number of carbonyl (C=O) groups is 1. The number of hydrogen-bond donors (Lipinski definition) is 1. The van der Waals surface area contributed by atoms with E-state index in [1.807, 2.05) is 0 Å². The summed E-state index contributed by atoms with van der Waals surface area (Å²) < 4.78 is 46.2. The van der Waals surface area contributed by atoms with Gasteiger partial charge in [-0.15, -0.1) is 5.10 Å². The number of fused-ring (bicyclic) bond motifs is 1. The molecule has 0 unspecified atom stereocenters. The van der Waals surface area contributed by atoms with E-state index in [9.17, 15) is 18.0 Å². The normalized spacial score (nSPS) is 21.6. The van der Waals surface area contributed by atoms with Crippen LogP contribution in [-0.4, -0.2) is 25.5 Å². The molecule has 0 saturated heterocycles. The third-order valence-electron chi connectivity index (χ3n) is 5.09. The van der Waals surface area contributed by atoms with Gasteiger partial charge in [-0.2, -0.15) is 18.2 Å². The first-order chi connectivity index (χ1) is 13.9. The quantitative estimate of drug-likeness (QED) is 0.705. The minimum absolute atomic E-state index is 0.0698. The van der Waals surface area contributed by atoms with Gasteiger partial charge in [0.05, 0.1) is 12.0 Å². The lowest BCUT2D eigenvalue weighted by atomic mass is 9.80. The summed E-state index contributed by atoms with van der Waals surface area (Å²) in [5.74, 6) is -1.07. The molecule has 0 amide bonds. The zero-order valence-corrected chi connectivity index (χ0v) is 14.8. The maximum Gasteiger partial charge on any atom is 0.453 e. The lowest BCUT2D eigenvalue weighted by molar-refractivity contribution is -0.145. The topological polar surface area (TPSA) is 85.8 Å². The average molecular weight is 401 g/mol. The molecule has 0 fully saturated rings. The second-order valence-electron chi connectivity index (χ2n) is 6.92. The summed E-state index contributed by atoms with van der Waals surface area (Å²) in [6, 6.07) is 7.71. The number of hydrogen-bond acceptors (Lipinski definition) is 6. The lowest BCUT2D eigenvalue weighted by Crippen LogP contribution is -2.34. The van der Waals surface area contributed by atoms with E-state index >= 15 is 0 Å². The summed E-state index contributed by atoms with van der Waals surface area (Å²) in [7, 11) is 0. The van der Waals surface area contributed by atoms with Crippen molar-refractivity contribution in [3.05, 3.63) is 71.3 Å². The van der Waals surface area contributed by atoms with Crippen molar-refractivity contribution in [3.63, 3.8) is 0 Å². The molecule has 4 heterocycles. The second-order valence-corrected chi connectivity index (χ2v) is 6.92. The smallest absolute Gasteiger partial charge is 0.453 e. The van der Waals surface area contributed by atoms with Crippen LogP contribution in [0.15, 0.2) is 58.5 Å². The highest BCUT2D eigenvalue weighted by Gasteiger charge is 2.44. The summed E-state index contributed by atoms with van der Waals surface area (Å²) in [6.45, 7) is 0. The van der Waals surface area contributed by atoms with Gasteiger partial charge < -0.3 is 9.73 Å². The zero-order chi connectivity index (χ0) is 20.2. The Morgan fingerprint density at radius 1 is 1.17 bits per heavy atom. The number of allylic oxidation sites excluding steroid dienone is 2. The molecular formula is C19H14F3N5O2. The van der Waals surface area contributed by atoms with Crippen molar-refractivity contribution in [2.75, 3.05) is 5.32 Å². The highest BCUT2D eigenvalue weighted by molar-refractivity contribution is 6.00.